The summed E-state index contributed by atoms with van der Waals surface area (Å²) in [6.07, 6.45) is 12.7. The highest BCUT2D eigenvalue weighted by Gasteiger charge is 2.50. The Hall–Kier alpha value is -2.20. The summed E-state index contributed by atoms with van der Waals surface area (Å²) in [6, 6.07) is 10.1. The Bertz CT molecular complexity index is 1010. The first kappa shape index (κ1) is 21.6. The van der Waals surface area contributed by atoms with Gasteiger partial charge >= 0.3 is 0 Å². The van der Waals surface area contributed by atoms with E-state index in [0.717, 1.165) is 67.8 Å². The number of fused-ring (bicyclic) bond motifs is 3. The van der Waals surface area contributed by atoms with E-state index in [1.54, 1.807) is 6.20 Å². The van der Waals surface area contributed by atoms with Gasteiger partial charge in [0.2, 0.25) is 0 Å². The van der Waals surface area contributed by atoms with Gasteiger partial charge in [-0.2, -0.15) is 0 Å². The number of nitrogens with one attached hydrogen (secondary N) is 1. The first-order chi connectivity index (χ1) is 15.4. The summed E-state index contributed by atoms with van der Waals surface area (Å²) in [4.78, 5) is 17.3. The van der Waals surface area contributed by atoms with Gasteiger partial charge in [0.1, 0.15) is 0 Å². The number of rotatable bonds is 5. The summed E-state index contributed by atoms with van der Waals surface area (Å²) >= 11 is 0. The lowest BCUT2D eigenvalue weighted by Gasteiger charge is -2.50. The SMILES string of the molecule is CC[C@@]12CC[C@](O)(CC3CC3)C[C@@H]1CCCc1cc(C(=O)Nc3cccnc3C)ccc12. The smallest absolute Gasteiger partial charge is 0.255 e. The molecule has 1 aromatic carbocycles. The second kappa shape index (κ2) is 8.30. The van der Waals surface area contributed by atoms with Crippen molar-refractivity contribution < 1.29 is 9.90 Å². The molecule has 3 atom stereocenters. The van der Waals surface area contributed by atoms with E-state index in [4.69, 9.17) is 0 Å². The molecule has 2 aromatic rings. The number of carbonyl (C=O) groups excluding carboxylic acids is 1. The number of amides is 1. The molecule has 0 unspecified atom stereocenters. The molecule has 32 heavy (non-hydrogen) atoms. The van der Waals surface area contributed by atoms with Crippen LogP contribution < -0.4 is 5.32 Å². The van der Waals surface area contributed by atoms with Crippen LogP contribution in [0.3, 0.4) is 0 Å². The minimum Gasteiger partial charge on any atom is -0.390 e. The van der Waals surface area contributed by atoms with Crippen LogP contribution in [0.4, 0.5) is 5.69 Å². The van der Waals surface area contributed by atoms with E-state index in [1.165, 1.54) is 30.4 Å². The third-order valence-corrected chi connectivity index (χ3v) is 8.60. The van der Waals surface area contributed by atoms with Gasteiger partial charge in [0, 0.05) is 11.8 Å². The highest BCUT2D eigenvalue weighted by atomic mass is 16.3. The van der Waals surface area contributed by atoms with Gasteiger partial charge in [-0.05, 0) is 111 Å². The molecule has 0 bridgehead atoms. The van der Waals surface area contributed by atoms with Crippen LogP contribution in [-0.2, 0) is 11.8 Å². The van der Waals surface area contributed by atoms with Crippen LogP contribution >= 0.6 is 0 Å². The monoisotopic (exact) mass is 432 g/mol. The molecule has 1 aromatic heterocycles. The van der Waals surface area contributed by atoms with E-state index < -0.39 is 5.60 Å². The average Bonchev–Trinajstić information content (AvgIpc) is 3.60. The molecule has 3 aliphatic carbocycles. The zero-order valence-corrected chi connectivity index (χ0v) is 19.5. The van der Waals surface area contributed by atoms with Crippen molar-refractivity contribution in [2.24, 2.45) is 11.8 Å². The second-order valence-corrected chi connectivity index (χ2v) is 10.6. The Kier molecular flexibility index (Phi) is 5.61. The lowest BCUT2D eigenvalue weighted by atomic mass is 9.56. The van der Waals surface area contributed by atoms with Crippen LogP contribution in [0.5, 0.6) is 0 Å². The lowest BCUT2D eigenvalue weighted by molar-refractivity contribution is -0.0573. The molecule has 4 nitrogen and oxygen atoms in total. The van der Waals surface area contributed by atoms with Gasteiger partial charge < -0.3 is 10.4 Å². The van der Waals surface area contributed by atoms with E-state index in [1.807, 2.05) is 25.1 Å². The van der Waals surface area contributed by atoms with E-state index in [9.17, 15) is 9.90 Å². The molecule has 2 fully saturated rings. The van der Waals surface area contributed by atoms with E-state index in [2.05, 4.69) is 29.4 Å². The van der Waals surface area contributed by atoms with Gasteiger partial charge in [0.15, 0.2) is 0 Å². The van der Waals surface area contributed by atoms with Crippen LogP contribution in [-0.4, -0.2) is 21.6 Å². The molecule has 4 heteroatoms. The minimum atomic E-state index is -0.462. The van der Waals surface area contributed by atoms with Crippen molar-refractivity contribution in [1.29, 1.82) is 0 Å². The molecular weight excluding hydrogens is 396 g/mol. The molecule has 3 aliphatic rings. The quantitative estimate of drug-likeness (QED) is 0.613. The second-order valence-electron chi connectivity index (χ2n) is 10.6. The Morgan fingerprint density at radius 1 is 1.22 bits per heavy atom. The summed E-state index contributed by atoms with van der Waals surface area (Å²) in [5, 5.41) is 14.4. The Balaban J connectivity index is 1.42. The summed E-state index contributed by atoms with van der Waals surface area (Å²) in [6.45, 7) is 4.23. The van der Waals surface area contributed by atoms with Crippen LogP contribution in [0.2, 0.25) is 0 Å². The number of benzene rings is 1. The fourth-order valence-corrected chi connectivity index (χ4v) is 6.63. The summed E-state index contributed by atoms with van der Waals surface area (Å²) in [5.41, 5.74) is 4.75. The Morgan fingerprint density at radius 2 is 2.06 bits per heavy atom. The standard InChI is InChI=1S/C28H36N2O2/c1-3-28-14-13-27(32,17-20-9-10-20)18-23(28)7-4-6-21-16-22(11-12-24(21)28)26(31)30-25-8-5-15-29-19(25)2/h5,8,11-12,15-16,20,23,32H,3-4,6-7,9-10,13-14,17-18H2,1-2H3,(H,30,31)/t23-,27-,28+/m0/s1. The molecule has 1 heterocycles. The Morgan fingerprint density at radius 3 is 2.81 bits per heavy atom. The number of pyridine rings is 1. The van der Waals surface area contributed by atoms with Gasteiger partial charge in [-0.15, -0.1) is 0 Å². The van der Waals surface area contributed by atoms with E-state index in [0.29, 0.717) is 5.92 Å². The van der Waals surface area contributed by atoms with E-state index >= 15 is 0 Å². The fourth-order valence-electron chi connectivity index (χ4n) is 6.63. The number of aliphatic hydroxyl groups is 1. The number of anilines is 1. The number of nitrogens with zero attached hydrogens (tertiary/aromatic N) is 1. The first-order valence-corrected chi connectivity index (χ1v) is 12.5. The fraction of sp³-hybridized carbons (Fsp3) is 0.571. The van der Waals surface area contributed by atoms with Crippen molar-refractivity contribution >= 4 is 11.6 Å². The molecule has 0 saturated heterocycles. The maximum atomic E-state index is 13.0. The highest BCUT2D eigenvalue weighted by molar-refractivity contribution is 6.04. The van der Waals surface area contributed by atoms with Crippen LogP contribution in [0, 0.1) is 18.8 Å². The molecule has 2 saturated carbocycles. The Labute approximate surface area is 191 Å². The van der Waals surface area contributed by atoms with Gasteiger partial charge in [-0.25, -0.2) is 0 Å². The average molecular weight is 433 g/mol. The van der Waals surface area contributed by atoms with Crippen molar-refractivity contribution in [3.05, 3.63) is 58.9 Å². The van der Waals surface area contributed by atoms with Crippen LogP contribution in [0.1, 0.15) is 91.9 Å². The molecule has 170 valence electrons. The zero-order chi connectivity index (χ0) is 22.3. The lowest BCUT2D eigenvalue weighted by Crippen LogP contribution is -2.47. The summed E-state index contributed by atoms with van der Waals surface area (Å²) in [7, 11) is 0. The predicted octanol–water partition coefficient (Wildman–Crippen LogP) is 5.96. The van der Waals surface area contributed by atoms with Gasteiger partial charge in [0.25, 0.3) is 5.91 Å². The molecular formula is C28H36N2O2. The number of hydrogen-bond donors (Lipinski definition) is 2. The van der Waals surface area contributed by atoms with Crippen LogP contribution in [0.25, 0.3) is 0 Å². The van der Waals surface area contributed by atoms with Gasteiger partial charge in [-0.1, -0.05) is 25.8 Å². The number of aryl methyl sites for hydroxylation is 2. The van der Waals surface area contributed by atoms with Gasteiger partial charge in [0.05, 0.1) is 17.0 Å². The number of aromatic nitrogens is 1. The van der Waals surface area contributed by atoms with Crippen molar-refractivity contribution in [2.75, 3.05) is 5.32 Å². The van der Waals surface area contributed by atoms with Crippen LogP contribution in [0.15, 0.2) is 36.5 Å². The maximum Gasteiger partial charge on any atom is 0.255 e. The largest absolute Gasteiger partial charge is 0.390 e. The zero-order valence-electron chi connectivity index (χ0n) is 19.5. The minimum absolute atomic E-state index is 0.0716. The van der Waals surface area contributed by atoms with Crippen molar-refractivity contribution in [3.8, 4) is 0 Å². The highest BCUT2D eigenvalue weighted by Crippen LogP contribution is 2.55. The molecule has 5 rings (SSSR count). The topological polar surface area (TPSA) is 62.2 Å². The third kappa shape index (κ3) is 3.98. The predicted molar refractivity (Wildman–Crippen MR) is 128 cm³/mol. The van der Waals surface area contributed by atoms with Crippen molar-refractivity contribution in [3.63, 3.8) is 0 Å². The molecule has 1 amide bonds. The van der Waals surface area contributed by atoms with Gasteiger partial charge in [-0.3, -0.25) is 9.78 Å². The number of carbonyl (C=O) groups is 1. The normalized spacial score (nSPS) is 29.5. The molecule has 2 N–H and O–H groups in total. The maximum absolute atomic E-state index is 13.0. The third-order valence-electron chi connectivity index (χ3n) is 8.60. The van der Waals surface area contributed by atoms with Crippen molar-refractivity contribution in [1.82, 2.24) is 4.98 Å². The molecule has 0 aliphatic heterocycles. The van der Waals surface area contributed by atoms with Crippen molar-refractivity contribution in [2.45, 2.75) is 89.1 Å². The summed E-state index contributed by atoms with van der Waals surface area (Å²) < 4.78 is 0. The summed E-state index contributed by atoms with van der Waals surface area (Å²) in [5.74, 6) is 1.22. The number of hydrogen-bond acceptors (Lipinski definition) is 3. The first-order valence-electron chi connectivity index (χ1n) is 12.5. The molecule has 0 radical (unpaired) electrons. The van der Waals surface area contributed by atoms with E-state index in [-0.39, 0.29) is 11.3 Å². The molecule has 0 spiro atoms.